The summed E-state index contributed by atoms with van der Waals surface area (Å²) in [6.07, 6.45) is 4.19. The van der Waals surface area contributed by atoms with E-state index in [9.17, 15) is 9.59 Å². The van der Waals surface area contributed by atoms with Gasteiger partial charge in [0.05, 0.1) is 17.4 Å². The second-order valence-electron chi connectivity index (χ2n) is 10.7. The van der Waals surface area contributed by atoms with Gasteiger partial charge in [0, 0.05) is 46.8 Å². The number of anilines is 3. The fourth-order valence-corrected chi connectivity index (χ4v) is 5.16. The Balaban J connectivity index is 1.11. The third-order valence-electron chi connectivity index (χ3n) is 7.59. The molecule has 5 aromatic rings. The van der Waals surface area contributed by atoms with Gasteiger partial charge in [-0.05, 0) is 105 Å². The molecule has 0 unspecified atom stereocenters. The molecule has 1 aliphatic heterocycles. The largest absolute Gasteiger partial charge is 0.372 e. The van der Waals surface area contributed by atoms with Gasteiger partial charge in [-0.1, -0.05) is 13.0 Å². The molecule has 1 aliphatic rings. The molecule has 0 aliphatic carbocycles. The van der Waals surface area contributed by atoms with Gasteiger partial charge in [-0.25, -0.2) is 9.67 Å². The molecule has 2 aromatic heterocycles. The van der Waals surface area contributed by atoms with Gasteiger partial charge in [-0.2, -0.15) is 5.10 Å². The van der Waals surface area contributed by atoms with Crippen molar-refractivity contribution in [1.82, 2.24) is 14.8 Å². The summed E-state index contributed by atoms with van der Waals surface area (Å²) in [4.78, 5) is 32.1. The summed E-state index contributed by atoms with van der Waals surface area (Å²) >= 11 is 0. The zero-order valence-electron chi connectivity index (χ0n) is 23.2. The van der Waals surface area contributed by atoms with Crippen LogP contribution in [0.2, 0.25) is 0 Å². The number of piperidine rings is 1. The maximum atomic E-state index is 12.9. The zero-order valence-corrected chi connectivity index (χ0v) is 23.2. The zero-order chi connectivity index (χ0) is 28.3. The maximum absolute atomic E-state index is 12.9. The molecule has 41 heavy (non-hydrogen) atoms. The molecule has 2 N–H and O–H groups in total. The number of carbonyl (C=O) groups excluding carboxylic acids is 2. The van der Waals surface area contributed by atoms with E-state index in [0.717, 1.165) is 41.3 Å². The normalized spacial score (nSPS) is 13.8. The number of carbonyl (C=O) groups is 2. The van der Waals surface area contributed by atoms with E-state index in [-0.39, 0.29) is 11.8 Å². The molecule has 3 heterocycles. The van der Waals surface area contributed by atoms with Crippen LogP contribution in [0.25, 0.3) is 16.6 Å². The van der Waals surface area contributed by atoms with Crippen molar-refractivity contribution in [2.45, 2.75) is 26.7 Å². The molecule has 1 saturated heterocycles. The molecule has 206 valence electrons. The van der Waals surface area contributed by atoms with E-state index in [1.165, 1.54) is 18.5 Å². The third-order valence-corrected chi connectivity index (χ3v) is 7.59. The molecule has 6 rings (SSSR count). The Bertz CT molecular complexity index is 1700. The second kappa shape index (κ2) is 11.3. The van der Waals surface area contributed by atoms with Crippen molar-refractivity contribution >= 4 is 39.8 Å². The average molecular weight is 545 g/mol. The minimum atomic E-state index is -0.256. The van der Waals surface area contributed by atoms with Crippen LogP contribution in [-0.2, 0) is 0 Å². The molecular weight excluding hydrogens is 512 g/mol. The lowest BCUT2D eigenvalue weighted by Crippen LogP contribution is -2.32. The monoisotopic (exact) mass is 544 g/mol. The number of fused-ring (bicyclic) bond motifs is 1. The molecule has 0 atom stereocenters. The molecule has 8 heteroatoms. The Labute approximate surface area is 239 Å². The Morgan fingerprint density at radius 3 is 2.22 bits per heavy atom. The Morgan fingerprint density at radius 1 is 0.805 bits per heavy atom. The van der Waals surface area contributed by atoms with Crippen molar-refractivity contribution in [2.75, 3.05) is 28.6 Å². The van der Waals surface area contributed by atoms with Gasteiger partial charge in [-0.15, -0.1) is 0 Å². The van der Waals surface area contributed by atoms with Gasteiger partial charge < -0.3 is 15.5 Å². The van der Waals surface area contributed by atoms with Crippen molar-refractivity contribution < 1.29 is 9.59 Å². The van der Waals surface area contributed by atoms with Gasteiger partial charge in [0.15, 0.2) is 0 Å². The highest BCUT2D eigenvalue weighted by atomic mass is 16.2. The van der Waals surface area contributed by atoms with Crippen LogP contribution in [0.15, 0.2) is 91.1 Å². The lowest BCUT2D eigenvalue weighted by Gasteiger charge is -2.32. The van der Waals surface area contributed by atoms with Crippen LogP contribution < -0.4 is 15.5 Å². The van der Waals surface area contributed by atoms with Crippen LogP contribution in [0.5, 0.6) is 0 Å². The van der Waals surface area contributed by atoms with E-state index in [1.54, 1.807) is 12.3 Å². The van der Waals surface area contributed by atoms with Gasteiger partial charge >= 0.3 is 0 Å². The predicted octanol–water partition coefficient (Wildman–Crippen LogP) is 6.47. The van der Waals surface area contributed by atoms with Crippen molar-refractivity contribution in [3.8, 4) is 5.69 Å². The molecule has 0 saturated carbocycles. The number of aryl methyl sites for hydroxylation is 1. The van der Waals surface area contributed by atoms with Crippen LogP contribution in [-0.4, -0.2) is 39.7 Å². The number of nitrogens with one attached hydrogen (secondary N) is 2. The first-order valence-electron chi connectivity index (χ1n) is 13.9. The van der Waals surface area contributed by atoms with Crippen LogP contribution >= 0.6 is 0 Å². The number of aromatic nitrogens is 3. The van der Waals surface area contributed by atoms with Gasteiger partial charge in [0.1, 0.15) is 5.69 Å². The fraction of sp³-hybridized carbons (Fsp3) is 0.212. The molecule has 2 amide bonds. The Kier molecular flexibility index (Phi) is 7.20. The highest BCUT2D eigenvalue weighted by Gasteiger charge is 2.17. The summed E-state index contributed by atoms with van der Waals surface area (Å²) in [6.45, 7) is 6.28. The number of nitrogens with zero attached hydrogens (tertiary/aromatic N) is 4. The van der Waals surface area contributed by atoms with E-state index in [0.29, 0.717) is 22.6 Å². The van der Waals surface area contributed by atoms with Crippen LogP contribution in [0.3, 0.4) is 0 Å². The highest BCUT2D eigenvalue weighted by molar-refractivity contribution is 6.05. The van der Waals surface area contributed by atoms with Crippen molar-refractivity contribution in [1.29, 1.82) is 0 Å². The van der Waals surface area contributed by atoms with Crippen LogP contribution in [0.4, 0.5) is 17.1 Å². The van der Waals surface area contributed by atoms with Gasteiger partial charge in [-0.3, -0.25) is 9.59 Å². The lowest BCUT2D eigenvalue weighted by atomic mass is 9.98. The number of amides is 2. The summed E-state index contributed by atoms with van der Waals surface area (Å²) in [7, 11) is 0. The maximum Gasteiger partial charge on any atom is 0.274 e. The third kappa shape index (κ3) is 5.82. The average Bonchev–Trinajstić information content (AvgIpc) is 3.41. The summed E-state index contributed by atoms with van der Waals surface area (Å²) in [6, 6.07) is 26.4. The minimum Gasteiger partial charge on any atom is -0.372 e. The Morgan fingerprint density at radius 2 is 1.49 bits per heavy atom. The quantitative estimate of drug-likeness (QED) is 0.256. The first-order valence-corrected chi connectivity index (χ1v) is 13.9. The number of hydrogen-bond donors (Lipinski definition) is 2. The molecular formula is C33H32N6O2. The van der Waals surface area contributed by atoms with Crippen molar-refractivity contribution in [3.05, 3.63) is 108 Å². The molecule has 3 aromatic carbocycles. The number of hydrogen-bond acceptors (Lipinski definition) is 5. The van der Waals surface area contributed by atoms with Crippen LogP contribution in [0, 0.1) is 12.8 Å². The number of benzene rings is 3. The van der Waals surface area contributed by atoms with Gasteiger partial charge in [0.25, 0.3) is 11.8 Å². The molecule has 0 bridgehead atoms. The second-order valence-corrected chi connectivity index (χ2v) is 10.7. The highest BCUT2D eigenvalue weighted by Crippen LogP contribution is 2.25. The molecule has 1 fully saturated rings. The first-order chi connectivity index (χ1) is 19.9. The van der Waals surface area contributed by atoms with E-state index < -0.39 is 0 Å². The molecule has 0 spiro atoms. The fourth-order valence-electron chi connectivity index (χ4n) is 5.16. The van der Waals surface area contributed by atoms with E-state index >= 15 is 0 Å². The first kappa shape index (κ1) is 26.3. The topological polar surface area (TPSA) is 92.2 Å². The van der Waals surface area contributed by atoms with Crippen molar-refractivity contribution in [2.24, 2.45) is 5.92 Å². The molecule has 0 radical (unpaired) electrons. The molecule has 8 nitrogen and oxygen atoms in total. The van der Waals surface area contributed by atoms with E-state index in [2.05, 4.69) is 32.5 Å². The number of pyridine rings is 1. The van der Waals surface area contributed by atoms with E-state index in [4.69, 9.17) is 0 Å². The van der Waals surface area contributed by atoms with Gasteiger partial charge in [0.2, 0.25) is 0 Å². The summed E-state index contributed by atoms with van der Waals surface area (Å²) in [5.74, 6) is 0.380. The van der Waals surface area contributed by atoms with Crippen molar-refractivity contribution in [3.63, 3.8) is 0 Å². The van der Waals surface area contributed by atoms with E-state index in [1.807, 2.05) is 90.5 Å². The lowest BCUT2D eigenvalue weighted by molar-refractivity contribution is 0.101. The number of rotatable bonds is 6. The standard InChI is InChI=1S/C33H32N6O2/c1-22-16-18-38(19-17-22)28-11-6-24(7-12-28)32(40)37-27-10-15-31-25(20-27)21-34-39(31)29-13-8-26(9-14-29)36-33(41)30-5-3-4-23(2)35-30/h3-15,20-22H,16-19H2,1-2H3,(H,36,41)(H,37,40). The SMILES string of the molecule is Cc1cccc(C(=O)Nc2ccc(-n3ncc4cc(NC(=O)c5ccc(N6CCC(C)CC6)cc5)ccc43)cc2)n1. The smallest absolute Gasteiger partial charge is 0.274 e. The summed E-state index contributed by atoms with van der Waals surface area (Å²) in [5, 5.41) is 11.3. The summed E-state index contributed by atoms with van der Waals surface area (Å²) < 4.78 is 1.83. The minimum absolute atomic E-state index is 0.144. The Hall–Kier alpha value is -4.98. The summed E-state index contributed by atoms with van der Waals surface area (Å²) in [5.41, 5.74) is 6.09. The predicted molar refractivity (Wildman–Crippen MR) is 163 cm³/mol. The van der Waals surface area contributed by atoms with Crippen LogP contribution in [0.1, 0.15) is 46.3 Å².